The average Bonchev–Trinajstić information content (AvgIpc) is 2.76. The highest BCUT2D eigenvalue weighted by molar-refractivity contribution is 5.61. The summed E-state index contributed by atoms with van der Waals surface area (Å²) in [4.78, 5) is 16.0. The molecule has 0 saturated carbocycles. The molecule has 2 aromatic rings. The van der Waals surface area contributed by atoms with Gasteiger partial charge in [0.2, 0.25) is 0 Å². The maximum absolute atomic E-state index is 11.9. The molecule has 1 aromatic carbocycles. The molecule has 80 valence electrons. The van der Waals surface area contributed by atoms with Gasteiger partial charge in [-0.1, -0.05) is 30.3 Å². The first-order valence-corrected chi connectivity index (χ1v) is 5.50. The number of hydrogen-bond donors (Lipinski definition) is 0. The van der Waals surface area contributed by atoms with Crippen molar-refractivity contribution in [2.45, 2.75) is 19.4 Å². The molecule has 0 bridgehead atoms. The van der Waals surface area contributed by atoms with Gasteiger partial charge in [-0.3, -0.25) is 4.79 Å². The minimum absolute atomic E-state index is 0.112. The van der Waals surface area contributed by atoms with E-state index in [9.17, 15) is 4.79 Å². The van der Waals surface area contributed by atoms with Gasteiger partial charge in [-0.25, -0.2) is 0 Å². The molecule has 16 heavy (non-hydrogen) atoms. The van der Waals surface area contributed by atoms with Crippen LogP contribution in [-0.4, -0.2) is 9.55 Å². The van der Waals surface area contributed by atoms with Crippen LogP contribution in [0.3, 0.4) is 0 Å². The third-order valence-corrected chi connectivity index (χ3v) is 2.96. The molecule has 2 heterocycles. The van der Waals surface area contributed by atoms with Crippen molar-refractivity contribution in [3.8, 4) is 11.1 Å². The van der Waals surface area contributed by atoms with Crippen LogP contribution in [0, 0.1) is 0 Å². The Morgan fingerprint density at radius 2 is 2.00 bits per heavy atom. The monoisotopic (exact) mass is 212 g/mol. The third-order valence-electron chi connectivity index (χ3n) is 2.96. The molecule has 0 atom stereocenters. The molecule has 3 nitrogen and oxygen atoms in total. The normalized spacial score (nSPS) is 13.8. The Hall–Kier alpha value is -1.90. The lowest BCUT2D eigenvalue weighted by Gasteiger charge is -2.05. The molecule has 1 aromatic heterocycles. The molecule has 1 aliphatic heterocycles. The van der Waals surface area contributed by atoms with Gasteiger partial charge in [0.15, 0.2) is 0 Å². The number of aromatic nitrogens is 2. The van der Waals surface area contributed by atoms with E-state index in [1.54, 1.807) is 0 Å². The smallest absolute Gasteiger partial charge is 0.280 e. The van der Waals surface area contributed by atoms with E-state index < -0.39 is 0 Å². The van der Waals surface area contributed by atoms with E-state index in [0.717, 1.165) is 30.8 Å². The van der Waals surface area contributed by atoms with Crippen LogP contribution in [0.25, 0.3) is 11.1 Å². The van der Waals surface area contributed by atoms with Crippen LogP contribution in [0.2, 0.25) is 0 Å². The average molecular weight is 212 g/mol. The highest BCUT2D eigenvalue weighted by Crippen LogP contribution is 2.17. The first-order valence-electron chi connectivity index (χ1n) is 5.50. The van der Waals surface area contributed by atoms with Crippen LogP contribution in [0.15, 0.2) is 41.3 Å². The molecule has 3 heteroatoms. The van der Waals surface area contributed by atoms with Crippen molar-refractivity contribution in [3.05, 3.63) is 52.7 Å². The predicted octanol–water partition coefficient (Wildman–Crippen LogP) is 1.86. The fourth-order valence-corrected chi connectivity index (χ4v) is 2.14. The summed E-state index contributed by atoms with van der Waals surface area (Å²) in [6, 6.07) is 9.71. The maximum Gasteiger partial charge on any atom is 0.280 e. The number of nitrogens with zero attached hydrogens (tertiary/aromatic N) is 2. The van der Waals surface area contributed by atoms with Crippen molar-refractivity contribution < 1.29 is 0 Å². The van der Waals surface area contributed by atoms with Crippen LogP contribution in [0.4, 0.5) is 0 Å². The fourth-order valence-electron chi connectivity index (χ4n) is 2.14. The van der Waals surface area contributed by atoms with Gasteiger partial charge in [0.25, 0.3) is 5.56 Å². The van der Waals surface area contributed by atoms with Crippen LogP contribution < -0.4 is 5.56 Å². The highest BCUT2D eigenvalue weighted by Gasteiger charge is 2.13. The zero-order chi connectivity index (χ0) is 11.0. The summed E-state index contributed by atoms with van der Waals surface area (Å²) in [5, 5.41) is 0. The fraction of sp³-hybridized carbons (Fsp3) is 0.231. The molecule has 0 unspecified atom stereocenters. The zero-order valence-corrected chi connectivity index (χ0v) is 8.89. The van der Waals surface area contributed by atoms with Crippen LogP contribution in [-0.2, 0) is 13.0 Å². The van der Waals surface area contributed by atoms with E-state index in [4.69, 9.17) is 0 Å². The second-order valence-electron chi connectivity index (χ2n) is 4.04. The first-order chi connectivity index (χ1) is 7.84. The van der Waals surface area contributed by atoms with E-state index in [1.165, 1.54) is 0 Å². The Morgan fingerprint density at radius 1 is 1.19 bits per heavy atom. The summed E-state index contributed by atoms with van der Waals surface area (Å²) in [5.74, 6) is 0.921. The summed E-state index contributed by atoms with van der Waals surface area (Å²) in [5.41, 5.74) is 1.54. The van der Waals surface area contributed by atoms with E-state index >= 15 is 0 Å². The topological polar surface area (TPSA) is 34.9 Å². The van der Waals surface area contributed by atoms with Crippen molar-refractivity contribution >= 4 is 0 Å². The molecule has 1 aliphatic rings. The minimum atomic E-state index is -0.112. The SMILES string of the molecule is O=c1nc2n(cc1-c1ccccc1)CCC2. The molecule has 3 rings (SSSR count). The molecule has 0 fully saturated rings. The molecule has 0 saturated heterocycles. The van der Waals surface area contributed by atoms with Gasteiger partial charge in [0, 0.05) is 19.2 Å². The predicted molar refractivity (Wildman–Crippen MR) is 62.3 cm³/mol. The number of rotatable bonds is 1. The van der Waals surface area contributed by atoms with Crippen molar-refractivity contribution in [1.29, 1.82) is 0 Å². The number of aryl methyl sites for hydroxylation is 2. The van der Waals surface area contributed by atoms with Gasteiger partial charge in [0.05, 0.1) is 5.56 Å². The van der Waals surface area contributed by atoms with Crippen molar-refractivity contribution in [2.75, 3.05) is 0 Å². The first kappa shape index (κ1) is 9.33. The number of hydrogen-bond acceptors (Lipinski definition) is 2. The molecule has 0 aliphatic carbocycles. The van der Waals surface area contributed by atoms with Crippen molar-refractivity contribution in [3.63, 3.8) is 0 Å². The quantitative estimate of drug-likeness (QED) is 0.723. The Balaban J connectivity index is 2.19. The van der Waals surface area contributed by atoms with E-state index in [-0.39, 0.29) is 5.56 Å². The molecular weight excluding hydrogens is 200 g/mol. The lowest BCUT2D eigenvalue weighted by molar-refractivity contribution is 0.735. The van der Waals surface area contributed by atoms with Gasteiger partial charge in [-0.15, -0.1) is 0 Å². The minimum Gasteiger partial charge on any atom is -0.336 e. The van der Waals surface area contributed by atoms with Gasteiger partial charge in [0.1, 0.15) is 5.82 Å². The standard InChI is InChI=1S/C13H12N2O/c16-13-11(10-5-2-1-3-6-10)9-15-8-4-7-12(15)14-13/h1-3,5-6,9H,4,7-8H2. The molecule has 0 spiro atoms. The van der Waals surface area contributed by atoms with Gasteiger partial charge >= 0.3 is 0 Å². The van der Waals surface area contributed by atoms with E-state index in [2.05, 4.69) is 9.55 Å². The van der Waals surface area contributed by atoms with E-state index in [1.807, 2.05) is 36.5 Å². The molecule has 0 N–H and O–H groups in total. The lowest BCUT2D eigenvalue weighted by Crippen LogP contribution is -2.15. The van der Waals surface area contributed by atoms with Crippen LogP contribution in [0.1, 0.15) is 12.2 Å². The Morgan fingerprint density at radius 3 is 2.81 bits per heavy atom. The van der Waals surface area contributed by atoms with Crippen LogP contribution >= 0.6 is 0 Å². The van der Waals surface area contributed by atoms with Crippen molar-refractivity contribution in [2.24, 2.45) is 0 Å². The lowest BCUT2D eigenvalue weighted by atomic mass is 10.1. The summed E-state index contributed by atoms with van der Waals surface area (Å²) in [6.45, 7) is 0.975. The number of fused-ring (bicyclic) bond motifs is 1. The number of benzene rings is 1. The zero-order valence-electron chi connectivity index (χ0n) is 8.89. The molecule has 0 radical (unpaired) electrons. The van der Waals surface area contributed by atoms with Gasteiger partial charge in [-0.05, 0) is 12.0 Å². The van der Waals surface area contributed by atoms with E-state index in [0.29, 0.717) is 5.56 Å². The van der Waals surface area contributed by atoms with Gasteiger partial charge < -0.3 is 4.57 Å². The van der Waals surface area contributed by atoms with Gasteiger partial charge in [-0.2, -0.15) is 4.98 Å². The largest absolute Gasteiger partial charge is 0.336 e. The van der Waals surface area contributed by atoms with Crippen molar-refractivity contribution in [1.82, 2.24) is 9.55 Å². The summed E-state index contributed by atoms with van der Waals surface area (Å²) in [6.07, 6.45) is 3.95. The maximum atomic E-state index is 11.9. The second-order valence-corrected chi connectivity index (χ2v) is 4.04. The Bertz CT molecular complexity index is 572. The Kier molecular flexibility index (Phi) is 2.10. The summed E-state index contributed by atoms with van der Waals surface area (Å²) >= 11 is 0. The Labute approximate surface area is 93.4 Å². The third kappa shape index (κ3) is 1.45. The molecule has 0 amide bonds. The highest BCUT2D eigenvalue weighted by atomic mass is 16.1. The molecular formula is C13H12N2O. The second kappa shape index (κ2) is 3.59. The summed E-state index contributed by atoms with van der Waals surface area (Å²) < 4.78 is 2.09. The summed E-state index contributed by atoms with van der Waals surface area (Å²) in [7, 11) is 0. The van der Waals surface area contributed by atoms with Crippen LogP contribution in [0.5, 0.6) is 0 Å².